The summed E-state index contributed by atoms with van der Waals surface area (Å²) in [6.07, 6.45) is 4.25. The van der Waals surface area contributed by atoms with E-state index in [0.29, 0.717) is 18.1 Å². The van der Waals surface area contributed by atoms with Crippen LogP contribution in [0, 0.1) is 5.92 Å². The van der Waals surface area contributed by atoms with Crippen LogP contribution in [0.1, 0.15) is 40.0 Å². The maximum Gasteiger partial charge on any atom is 0.0714 e. The van der Waals surface area contributed by atoms with Crippen molar-refractivity contribution in [3.63, 3.8) is 0 Å². The second kappa shape index (κ2) is 5.61. The van der Waals surface area contributed by atoms with Gasteiger partial charge < -0.3 is 10.1 Å². The lowest BCUT2D eigenvalue weighted by molar-refractivity contribution is 0.0470. The summed E-state index contributed by atoms with van der Waals surface area (Å²) in [5.41, 5.74) is 0. The molecule has 0 radical (unpaired) electrons. The predicted octanol–water partition coefficient (Wildman–Crippen LogP) is 2.19. The summed E-state index contributed by atoms with van der Waals surface area (Å²) < 4.78 is 5.78. The molecule has 1 N–H and O–H groups in total. The van der Waals surface area contributed by atoms with Crippen LogP contribution >= 0.6 is 0 Å². The quantitative estimate of drug-likeness (QED) is 0.709. The highest BCUT2D eigenvalue weighted by Gasteiger charge is 2.23. The molecule has 1 fully saturated rings. The van der Waals surface area contributed by atoms with Gasteiger partial charge in [-0.1, -0.05) is 27.2 Å². The Morgan fingerprint density at radius 2 is 2.23 bits per heavy atom. The first-order chi connectivity index (χ1) is 6.22. The summed E-state index contributed by atoms with van der Waals surface area (Å²) in [6.45, 7) is 8.60. The predicted molar refractivity (Wildman–Crippen MR) is 55.9 cm³/mol. The smallest absolute Gasteiger partial charge is 0.0714 e. The van der Waals surface area contributed by atoms with Gasteiger partial charge in [0.1, 0.15) is 0 Å². The maximum absolute atomic E-state index is 5.78. The molecule has 78 valence electrons. The number of rotatable bonds is 5. The van der Waals surface area contributed by atoms with E-state index in [0.717, 1.165) is 13.2 Å². The molecule has 0 aromatic rings. The Balaban J connectivity index is 2.10. The van der Waals surface area contributed by atoms with Crippen LogP contribution in [0.5, 0.6) is 0 Å². The minimum atomic E-state index is 0.471. The van der Waals surface area contributed by atoms with Gasteiger partial charge >= 0.3 is 0 Å². The van der Waals surface area contributed by atoms with Crippen molar-refractivity contribution in [1.82, 2.24) is 5.32 Å². The summed E-state index contributed by atoms with van der Waals surface area (Å²) in [4.78, 5) is 0. The van der Waals surface area contributed by atoms with Gasteiger partial charge in [-0.25, -0.2) is 0 Å². The van der Waals surface area contributed by atoms with Gasteiger partial charge in [0.25, 0.3) is 0 Å². The molecule has 0 aromatic carbocycles. The Morgan fingerprint density at radius 1 is 1.46 bits per heavy atom. The second-order valence-electron chi connectivity index (χ2n) is 4.48. The van der Waals surface area contributed by atoms with Crippen LogP contribution in [-0.2, 0) is 4.74 Å². The van der Waals surface area contributed by atoms with Gasteiger partial charge in [0, 0.05) is 19.2 Å². The van der Waals surface area contributed by atoms with Crippen LogP contribution < -0.4 is 5.32 Å². The number of ether oxygens (including phenoxy) is 1. The van der Waals surface area contributed by atoms with E-state index in [9.17, 15) is 0 Å². The SMILES string of the molecule is CCC[C@@H]1C[C@@H](OCC(C)C)CN1. The van der Waals surface area contributed by atoms with Crippen molar-refractivity contribution in [3.8, 4) is 0 Å². The van der Waals surface area contributed by atoms with E-state index in [1.807, 2.05) is 0 Å². The molecule has 0 saturated carbocycles. The molecule has 1 aliphatic rings. The highest BCUT2D eigenvalue weighted by atomic mass is 16.5. The average molecular weight is 185 g/mol. The molecule has 1 heterocycles. The van der Waals surface area contributed by atoms with Crippen LogP contribution in [0.3, 0.4) is 0 Å². The van der Waals surface area contributed by atoms with E-state index in [1.54, 1.807) is 0 Å². The van der Waals surface area contributed by atoms with Crippen LogP contribution in [0.15, 0.2) is 0 Å². The molecule has 13 heavy (non-hydrogen) atoms. The van der Waals surface area contributed by atoms with E-state index in [-0.39, 0.29) is 0 Å². The zero-order valence-electron chi connectivity index (χ0n) is 9.18. The van der Waals surface area contributed by atoms with Gasteiger partial charge in [0.05, 0.1) is 6.10 Å². The molecule has 0 amide bonds. The molecule has 2 nitrogen and oxygen atoms in total. The highest BCUT2D eigenvalue weighted by molar-refractivity contribution is 4.81. The van der Waals surface area contributed by atoms with Crippen molar-refractivity contribution in [1.29, 1.82) is 0 Å². The number of nitrogens with one attached hydrogen (secondary N) is 1. The Hall–Kier alpha value is -0.0800. The van der Waals surface area contributed by atoms with Gasteiger partial charge in [-0.2, -0.15) is 0 Å². The number of hydrogen-bond donors (Lipinski definition) is 1. The van der Waals surface area contributed by atoms with E-state index in [2.05, 4.69) is 26.1 Å². The molecule has 0 spiro atoms. The lowest BCUT2D eigenvalue weighted by Gasteiger charge is -2.12. The molecule has 2 heteroatoms. The van der Waals surface area contributed by atoms with Crippen molar-refractivity contribution in [3.05, 3.63) is 0 Å². The third-order valence-corrected chi connectivity index (χ3v) is 2.48. The summed E-state index contributed by atoms with van der Waals surface area (Å²) >= 11 is 0. The largest absolute Gasteiger partial charge is 0.377 e. The Kier molecular flexibility index (Phi) is 4.74. The minimum absolute atomic E-state index is 0.471. The van der Waals surface area contributed by atoms with Crippen molar-refractivity contribution in [2.75, 3.05) is 13.2 Å². The Labute approximate surface area is 82.0 Å². The van der Waals surface area contributed by atoms with E-state index in [1.165, 1.54) is 19.3 Å². The fourth-order valence-electron chi connectivity index (χ4n) is 1.81. The first-order valence-electron chi connectivity index (χ1n) is 5.57. The minimum Gasteiger partial charge on any atom is -0.377 e. The summed E-state index contributed by atoms with van der Waals surface area (Å²) in [5, 5.41) is 3.51. The van der Waals surface area contributed by atoms with E-state index in [4.69, 9.17) is 4.74 Å². The van der Waals surface area contributed by atoms with Crippen LogP contribution in [0.25, 0.3) is 0 Å². The lowest BCUT2D eigenvalue weighted by atomic mass is 10.1. The topological polar surface area (TPSA) is 21.3 Å². The van der Waals surface area contributed by atoms with Crippen molar-refractivity contribution in [2.24, 2.45) is 5.92 Å². The van der Waals surface area contributed by atoms with Gasteiger partial charge in [-0.3, -0.25) is 0 Å². The summed E-state index contributed by atoms with van der Waals surface area (Å²) in [6, 6.07) is 0.710. The molecule has 1 aliphatic heterocycles. The third-order valence-electron chi connectivity index (χ3n) is 2.48. The second-order valence-corrected chi connectivity index (χ2v) is 4.48. The fraction of sp³-hybridized carbons (Fsp3) is 1.00. The Morgan fingerprint density at radius 3 is 2.85 bits per heavy atom. The molecule has 0 bridgehead atoms. The van der Waals surface area contributed by atoms with E-state index >= 15 is 0 Å². The molecule has 0 unspecified atom stereocenters. The first kappa shape index (κ1) is 11.0. The first-order valence-corrected chi connectivity index (χ1v) is 5.57. The zero-order valence-corrected chi connectivity index (χ0v) is 9.18. The normalized spacial score (nSPS) is 28.6. The van der Waals surface area contributed by atoms with Gasteiger partial charge in [0.2, 0.25) is 0 Å². The van der Waals surface area contributed by atoms with Gasteiger partial charge in [0.15, 0.2) is 0 Å². The average Bonchev–Trinajstić information content (AvgIpc) is 2.50. The Bertz CT molecular complexity index is 136. The van der Waals surface area contributed by atoms with Crippen molar-refractivity contribution < 1.29 is 4.74 Å². The maximum atomic E-state index is 5.78. The zero-order chi connectivity index (χ0) is 9.68. The molecular weight excluding hydrogens is 162 g/mol. The van der Waals surface area contributed by atoms with Crippen LogP contribution in [0.2, 0.25) is 0 Å². The third kappa shape index (κ3) is 4.10. The molecule has 0 aliphatic carbocycles. The highest BCUT2D eigenvalue weighted by Crippen LogP contribution is 2.15. The van der Waals surface area contributed by atoms with Gasteiger partial charge in [-0.05, 0) is 18.8 Å². The van der Waals surface area contributed by atoms with Crippen LogP contribution in [-0.4, -0.2) is 25.3 Å². The molecular formula is C11H23NO. The monoisotopic (exact) mass is 185 g/mol. The lowest BCUT2D eigenvalue weighted by Crippen LogP contribution is -2.21. The summed E-state index contributed by atoms with van der Waals surface area (Å²) in [5.74, 6) is 0.658. The van der Waals surface area contributed by atoms with Gasteiger partial charge in [-0.15, -0.1) is 0 Å². The standard InChI is InChI=1S/C11H23NO/c1-4-5-10-6-11(7-12-10)13-8-9(2)3/h9-12H,4-8H2,1-3H3/t10-,11-/m1/s1. The summed E-state index contributed by atoms with van der Waals surface area (Å²) in [7, 11) is 0. The molecule has 1 saturated heterocycles. The molecule has 0 aromatic heterocycles. The van der Waals surface area contributed by atoms with E-state index < -0.39 is 0 Å². The van der Waals surface area contributed by atoms with Crippen LogP contribution in [0.4, 0.5) is 0 Å². The fourth-order valence-corrected chi connectivity index (χ4v) is 1.81. The van der Waals surface area contributed by atoms with Crippen molar-refractivity contribution in [2.45, 2.75) is 52.2 Å². The van der Waals surface area contributed by atoms with Crippen molar-refractivity contribution >= 4 is 0 Å². The molecule has 1 rings (SSSR count). The molecule has 2 atom stereocenters. The number of hydrogen-bond acceptors (Lipinski definition) is 2.